The minimum absolute atomic E-state index is 0.0490. The molecule has 0 bridgehead atoms. The van der Waals surface area contributed by atoms with Gasteiger partial charge in [0.2, 0.25) is 0 Å². The summed E-state index contributed by atoms with van der Waals surface area (Å²) in [4.78, 5) is 12.2. The van der Waals surface area contributed by atoms with E-state index in [-0.39, 0.29) is 11.5 Å². The van der Waals surface area contributed by atoms with Crippen LogP contribution in [0.4, 0.5) is 0 Å². The smallest absolute Gasteiger partial charge is 0.133 e. The SMILES string of the molecule is CC(=O)[C@H]1CCC2C3CCC4C[C@@H](O)CC[C@]4(C)C3CCC21C. The average Bonchev–Trinajstić information content (AvgIpc) is 2.85. The number of fused-ring (bicyclic) bond motifs is 5. The monoisotopic (exact) mass is 318 g/mol. The molecule has 2 nitrogen and oxygen atoms in total. The molecule has 1 N–H and O–H groups in total. The molecule has 0 aromatic heterocycles. The standard InChI is InChI=1S/C21H34O2/c1-13(22)17-6-7-18-16-5-4-14-12-15(23)8-10-20(14,2)19(16)9-11-21(17,18)3/h14-19,23H,4-12H2,1-3H3/t14?,15-,16?,17+,18?,19?,20-,21?/m0/s1. The summed E-state index contributed by atoms with van der Waals surface area (Å²) in [5.41, 5.74) is 0.738. The first kappa shape index (κ1) is 16.1. The fourth-order valence-electron chi connectivity index (χ4n) is 7.90. The number of aliphatic hydroxyl groups is 1. The molecule has 5 unspecified atom stereocenters. The summed E-state index contributed by atoms with van der Waals surface area (Å²) in [6.07, 6.45) is 10.9. The molecular formula is C21H34O2. The van der Waals surface area contributed by atoms with Gasteiger partial charge in [-0.3, -0.25) is 4.79 Å². The molecule has 4 saturated carbocycles. The van der Waals surface area contributed by atoms with Crippen molar-refractivity contribution in [3.8, 4) is 0 Å². The zero-order valence-electron chi connectivity index (χ0n) is 15.2. The Morgan fingerprint density at radius 2 is 1.61 bits per heavy atom. The molecule has 4 aliphatic carbocycles. The number of rotatable bonds is 1. The van der Waals surface area contributed by atoms with E-state index >= 15 is 0 Å². The van der Waals surface area contributed by atoms with Gasteiger partial charge in [-0.25, -0.2) is 0 Å². The molecule has 0 saturated heterocycles. The van der Waals surface area contributed by atoms with Gasteiger partial charge in [0.1, 0.15) is 5.78 Å². The molecule has 0 aromatic rings. The minimum Gasteiger partial charge on any atom is -0.393 e. The van der Waals surface area contributed by atoms with Crippen molar-refractivity contribution < 1.29 is 9.90 Å². The second-order valence-corrected chi connectivity index (χ2v) is 9.87. The molecule has 8 atom stereocenters. The molecule has 0 aliphatic heterocycles. The van der Waals surface area contributed by atoms with E-state index in [0.717, 1.165) is 42.9 Å². The van der Waals surface area contributed by atoms with E-state index in [0.29, 0.717) is 17.1 Å². The summed E-state index contributed by atoms with van der Waals surface area (Å²) in [6.45, 7) is 6.80. The lowest BCUT2D eigenvalue weighted by Gasteiger charge is -2.60. The second-order valence-electron chi connectivity index (χ2n) is 9.87. The van der Waals surface area contributed by atoms with Gasteiger partial charge >= 0.3 is 0 Å². The van der Waals surface area contributed by atoms with Gasteiger partial charge in [-0.15, -0.1) is 0 Å². The Bertz CT molecular complexity index is 500. The van der Waals surface area contributed by atoms with Crippen LogP contribution >= 0.6 is 0 Å². The van der Waals surface area contributed by atoms with Gasteiger partial charge in [-0.05, 0) is 99.2 Å². The van der Waals surface area contributed by atoms with E-state index in [1.165, 1.54) is 38.5 Å². The van der Waals surface area contributed by atoms with Gasteiger partial charge < -0.3 is 5.11 Å². The minimum atomic E-state index is -0.0490. The van der Waals surface area contributed by atoms with Crippen molar-refractivity contribution in [3.05, 3.63) is 0 Å². The molecule has 0 spiro atoms. The number of hydrogen-bond donors (Lipinski definition) is 1. The van der Waals surface area contributed by atoms with Gasteiger partial charge in [0.25, 0.3) is 0 Å². The number of Topliss-reactive ketones (excluding diaryl/α,β-unsaturated/α-hetero) is 1. The van der Waals surface area contributed by atoms with E-state index in [2.05, 4.69) is 13.8 Å². The summed E-state index contributed by atoms with van der Waals surface area (Å²) < 4.78 is 0. The summed E-state index contributed by atoms with van der Waals surface area (Å²) in [5, 5.41) is 10.1. The number of ketones is 1. The van der Waals surface area contributed by atoms with Crippen LogP contribution in [0.1, 0.15) is 78.6 Å². The zero-order valence-corrected chi connectivity index (χ0v) is 15.2. The quantitative estimate of drug-likeness (QED) is 0.767. The maximum atomic E-state index is 12.2. The lowest BCUT2D eigenvalue weighted by molar-refractivity contribution is -0.138. The third-order valence-electron chi connectivity index (χ3n) is 9.13. The van der Waals surface area contributed by atoms with Crippen molar-refractivity contribution in [1.29, 1.82) is 0 Å². The van der Waals surface area contributed by atoms with Crippen molar-refractivity contribution in [3.63, 3.8) is 0 Å². The third kappa shape index (κ3) is 2.19. The van der Waals surface area contributed by atoms with Crippen molar-refractivity contribution >= 4 is 5.78 Å². The molecule has 2 heteroatoms. The van der Waals surface area contributed by atoms with Crippen molar-refractivity contribution in [2.45, 2.75) is 84.7 Å². The summed E-state index contributed by atoms with van der Waals surface area (Å²) in [6, 6.07) is 0. The molecular weight excluding hydrogens is 284 g/mol. The number of hydrogen-bond acceptors (Lipinski definition) is 2. The Labute approximate surface area is 141 Å². The van der Waals surface area contributed by atoms with Crippen LogP contribution in [0.25, 0.3) is 0 Å². The Kier molecular flexibility index (Phi) is 3.72. The maximum absolute atomic E-state index is 12.2. The first-order valence-electron chi connectivity index (χ1n) is 10.0. The number of carbonyl (C=O) groups excluding carboxylic acids is 1. The fourth-order valence-corrected chi connectivity index (χ4v) is 7.90. The Hall–Kier alpha value is -0.370. The lowest BCUT2D eigenvalue weighted by Crippen LogP contribution is -2.54. The van der Waals surface area contributed by atoms with Gasteiger partial charge in [-0.1, -0.05) is 13.8 Å². The van der Waals surface area contributed by atoms with Gasteiger partial charge in [0.05, 0.1) is 6.10 Å². The summed E-state index contributed by atoms with van der Waals surface area (Å²) in [7, 11) is 0. The van der Waals surface area contributed by atoms with E-state index in [1.54, 1.807) is 0 Å². The molecule has 0 radical (unpaired) electrons. The largest absolute Gasteiger partial charge is 0.393 e. The van der Waals surface area contributed by atoms with E-state index in [1.807, 2.05) is 6.92 Å². The van der Waals surface area contributed by atoms with Crippen LogP contribution in [0.3, 0.4) is 0 Å². The Balaban J connectivity index is 1.61. The fraction of sp³-hybridized carbons (Fsp3) is 0.952. The van der Waals surface area contributed by atoms with Gasteiger partial charge in [-0.2, -0.15) is 0 Å². The third-order valence-corrected chi connectivity index (χ3v) is 9.13. The highest BCUT2D eigenvalue weighted by Crippen LogP contribution is 2.67. The first-order valence-corrected chi connectivity index (χ1v) is 10.0. The second kappa shape index (κ2) is 5.31. The van der Waals surface area contributed by atoms with Gasteiger partial charge in [0, 0.05) is 5.92 Å². The Morgan fingerprint density at radius 3 is 2.35 bits per heavy atom. The normalized spacial score (nSPS) is 55.7. The molecule has 0 amide bonds. The van der Waals surface area contributed by atoms with Crippen LogP contribution in [-0.4, -0.2) is 17.0 Å². The van der Waals surface area contributed by atoms with Crippen LogP contribution in [0, 0.1) is 40.4 Å². The van der Waals surface area contributed by atoms with Crippen molar-refractivity contribution in [1.82, 2.24) is 0 Å². The Morgan fingerprint density at radius 1 is 0.913 bits per heavy atom. The molecule has 4 fully saturated rings. The highest BCUT2D eigenvalue weighted by Gasteiger charge is 2.60. The predicted molar refractivity (Wildman–Crippen MR) is 91.9 cm³/mol. The number of carbonyl (C=O) groups is 1. The molecule has 4 aliphatic rings. The molecule has 4 rings (SSSR count). The summed E-state index contributed by atoms with van der Waals surface area (Å²) in [5.74, 6) is 3.97. The van der Waals surface area contributed by atoms with E-state index in [4.69, 9.17) is 0 Å². The zero-order chi connectivity index (χ0) is 16.4. The summed E-state index contributed by atoms with van der Waals surface area (Å²) >= 11 is 0. The average molecular weight is 319 g/mol. The van der Waals surface area contributed by atoms with Crippen LogP contribution in [0.5, 0.6) is 0 Å². The maximum Gasteiger partial charge on any atom is 0.133 e. The van der Waals surface area contributed by atoms with Crippen molar-refractivity contribution in [2.75, 3.05) is 0 Å². The first-order chi connectivity index (χ1) is 10.9. The van der Waals surface area contributed by atoms with Crippen LogP contribution in [-0.2, 0) is 4.79 Å². The topological polar surface area (TPSA) is 37.3 Å². The molecule has 23 heavy (non-hydrogen) atoms. The lowest BCUT2D eigenvalue weighted by atomic mass is 9.44. The van der Waals surface area contributed by atoms with E-state index in [9.17, 15) is 9.90 Å². The molecule has 130 valence electrons. The molecule has 0 heterocycles. The highest BCUT2D eigenvalue weighted by molar-refractivity contribution is 5.79. The predicted octanol–water partition coefficient (Wildman–Crippen LogP) is 4.60. The molecule has 0 aromatic carbocycles. The van der Waals surface area contributed by atoms with Crippen LogP contribution < -0.4 is 0 Å². The van der Waals surface area contributed by atoms with Crippen LogP contribution in [0.2, 0.25) is 0 Å². The van der Waals surface area contributed by atoms with E-state index < -0.39 is 0 Å². The number of aliphatic hydroxyl groups excluding tert-OH is 1. The van der Waals surface area contributed by atoms with Crippen molar-refractivity contribution in [2.24, 2.45) is 40.4 Å². The highest BCUT2D eigenvalue weighted by atomic mass is 16.3. The van der Waals surface area contributed by atoms with Gasteiger partial charge in [0.15, 0.2) is 0 Å². The van der Waals surface area contributed by atoms with Crippen LogP contribution in [0.15, 0.2) is 0 Å².